The molecule has 0 atom stereocenters. The maximum absolute atomic E-state index is 11.8. The molecule has 0 unspecified atom stereocenters. The smallest absolute Gasteiger partial charge is 0.211 e. The molecule has 17 heavy (non-hydrogen) atoms. The lowest BCUT2D eigenvalue weighted by Crippen LogP contribution is -2.28. The maximum Gasteiger partial charge on any atom is 0.211 e. The van der Waals surface area contributed by atoms with Crippen molar-refractivity contribution in [3.05, 3.63) is 35.0 Å². The van der Waals surface area contributed by atoms with E-state index in [1.807, 2.05) is 13.8 Å². The second kappa shape index (κ2) is 4.90. The molecule has 2 rings (SSSR count). The predicted molar refractivity (Wildman–Crippen MR) is 68.7 cm³/mol. The quantitative estimate of drug-likeness (QED) is 0.848. The third kappa shape index (κ3) is 2.87. The van der Waals surface area contributed by atoms with Gasteiger partial charge >= 0.3 is 0 Å². The van der Waals surface area contributed by atoms with Crippen molar-refractivity contribution >= 4 is 28.4 Å². The molecular formula is C13H14ClNO2. The molecule has 2 aromatic rings. The SMILES string of the molecule is CC(C)NCC(=O)c1cc2cc(Cl)ccc2o1. The summed E-state index contributed by atoms with van der Waals surface area (Å²) < 4.78 is 5.47. The fourth-order valence-electron chi connectivity index (χ4n) is 1.54. The molecule has 0 aliphatic heterocycles. The summed E-state index contributed by atoms with van der Waals surface area (Å²) in [7, 11) is 0. The first-order valence-electron chi connectivity index (χ1n) is 5.52. The molecule has 0 saturated heterocycles. The number of benzene rings is 1. The summed E-state index contributed by atoms with van der Waals surface area (Å²) in [5, 5.41) is 4.55. The Labute approximate surface area is 105 Å². The highest BCUT2D eigenvalue weighted by Crippen LogP contribution is 2.23. The average molecular weight is 252 g/mol. The van der Waals surface area contributed by atoms with Crippen molar-refractivity contribution in [2.24, 2.45) is 0 Å². The fourth-order valence-corrected chi connectivity index (χ4v) is 1.72. The lowest BCUT2D eigenvalue weighted by Gasteiger charge is -2.04. The van der Waals surface area contributed by atoms with Crippen LogP contribution in [0.1, 0.15) is 24.4 Å². The predicted octanol–water partition coefficient (Wildman–Crippen LogP) is 3.27. The van der Waals surface area contributed by atoms with Gasteiger partial charge in [0.2, 0.25) is 5.78 Å². The van der Waals surface area contributed by atoms with E-state index in [4.69, 9.17) is 16.0 Å². The van der Waals surface area contributed by atoms with Gasteiger partial charge in [0, 0.05) is 16.5 Å². The number of hydrogen-bond acceptors (Lipinski definition) is 3. The van der Waals surface area contributed by atoms with Crippen LogP contribution in [0.4, 0.5) is 0 Å². The minimum Gasteiger partial charge on any atom is -0.453 e. The van der Waals surface area contributed by atoms with Gasteiger partial charge in [0.05, 0.1) is 6.54 Å². The van der Waals surface area contributed by atoms with Gasteiger partial charge < -0.3 is 9.73 Å². The standard InChI is InChI=1S/C13H14ClNO2/c1-8(2)15-7-11(16)13-6-9-5-10(14)3-4-12(9)17-13/h3-6,8,15H,7H2,1-2H3. The highest BCUT2D eigenvalue weighted by Gasteiger charge is 2.12. The molecule has 90 valence electrons. The Morgan fingerprint density at radius 2 is 2.18 bits per heavy atom. The fraction of sp³-hybridized carbons (Fsp3) is 0.308. The molecule has 0 spiro atoms. The summed E-state index contributed by atoms with van der Waals surface area (Å²) in [5.41, 5.74) is 0.683. The van der Waals surface area contributed by atoms with E-state index < -0.39 is 0 Å². The number of nitrogens with one attached hydrogen (secondary N) is 1. The molecule has 0 radical (unpaired) electrons. The minimum absolute atomic E-state index is 0.0500. The second-order valence-electron chi connectivity index (χ2n) is 4.25. The molecule has 1 aromatic heterocycles. The Hall–Kier alpha value is -1.32. The van der Waals surface area contributed by atoms with Gasteiger partial charge in [-0.05, 0) is 24.3 Å². The lowest BCUT2D eigenvalue weighted by atomic mass is 10.2. The van der Waals surface area contributed by atoms with Crippen molar-refractivity contribution in [2.75, 3.05) is 6.54 Å². The summed E-state index contributed by atoms with van der Waals surface area (Å²) in [5.74, 6) is 0.321. The summed E-state index contributed by atoms with van der Waals surface area (Å²) in [6, 6.07) is 7.30. The van der Waals surface area contributed by atoms with Crippen LogP contribution >= 0.6 is 11.6 Å². The van der Waals surface area contributed by atoms with Crippen LogP contribution in [0.3, 0.4) is 0 Å². The van der Waals surface area contributed by atoms with Crippen LogP contribution in [-0.2, 0) is 0 Å². The monoisotopic (exact) mass is 251 g/mol. The number of ketones is 1. The zero-order chi connectivity index (χ0) is 12.4. The molecule has 0 amide bonds. The zero-order valence-corrected chi connectivity index (χ0v) is 10.5. The first kappa shape index (κ1) is 12.1. The third-order valence-electron chi connectivity index (χ3n) is 2.42. The number of furan rings is 1. The van der Waals surface area contributed by atoms with E-state index in [2.05, 4.69) is 5.32 Å². The number of carbonyl (C=O) groups is 1. The number of rotatable bonds is 4. The molecule has 0 saturated carbocycles. The normalized spacial score (nSPS) is 11.3. The molecule has 1 aromatic carbocycles. The Balaban J connectivity index is 2.21. The van der Waals surface area contributed by atoms with Crippen LogP contribution in [0, 0.1) is 0 Å². The topological polar surface area (TPSA) is 42.2 Å². The van der Waals surface area contributed by atoms with Crippen LogP contribution in [0.25, 0.3) is 11.0 Å². The highest BCUT2D eigenvalue weighted by atomic mass is 35.5. The van der Waals surface area contributed by atoms with Crippen LogP contribution in [0.2, 0.25) is 5.02 Å². The number of hydrogen-bond donors (Lipinski definition) is 1. The maximum atomic E-state index is 11.8. The van der Waals surface area contributed by atoms with Crippen LogP contribution in [0.5, 0.6) is 0 Å². The Bertz CT molecular complexity index is 545. The molecule has 0 aliphatic carbocycles. The summed E-state index contributed by atoms with van der Waals surface area (Å²) in [6.07, 6.45) is 0. The van der Waals surface area contributed by atoms with Crippen LogP contribution in [0.15, 0.2) is 28.7 Å². The molecule has 0 aliphatic rings. The first-order valence-corrected chi connectivity index (χ1v) is 5.90. The molecule has 4 heteroatoms. The Kier molecular flexibility index (Phi) is 3.50. The Morgan fingerprint density at radius 3 is 2.88 bits per heavy atom. The summed E-state index contributed by atoms with van der Waals surface area (Å²) in [4.78, 5) is 11.8. The average Bonchev–Trinajstić information content (AvgIpc) is 2.68. The number of halogens is 1. The first-order chi connectivity index (χ1) is 8.06. The molecule has 1 N–H and O–H groups in total. The number of Topliss-reactive ketones (excluding diaryl/α,β-unsaturated/α-hetero) is 1. The van der Waals surface area contributed by atoms with Gasteiger partial charge in [-0.3, -0.25) is 4.79 Å². The minimum atomic E-state index is -0.0500. The van der Waals surface area contributed by atoms with Crippen molar-refractivity contribution in [1.82, 2.24) is 5.32 Å². The summed E-state index contributed by atoms with van der Waals surface area (Å²) >= 11 is 5.87. The third-order valence-corrected chi connectivity index (χ3v) is 2.66. The summed E-state index contributed by atoms with van der Waals surface area (Å²) in [6.45, 7) is 4.27. The zero-order valence-electron chi connectivity index (χ0n) is 9.79. The second-order valence-corrected chi connectivity index (χ2v) is 4.69. The lowest BCUT2D eigenvalue weighted by molar-refractivity contribution is 0.0964. The van der Waals surface area contributed by atoms with Crippen molar-refractivity contribution in [3.63, 3.8) is 0 Å². The van der Waals surface area contributed by atoms with Crippen molar-refractivity contribution in [3.8, 4) is 0 Å². The van der Waals surface area contributed by atoms with E-state index in [0.717, 1.165) is 5.39 Å². The molecular weight excluding hydrogens is 238 g/mol. The molecule has 0 bridgehead atoms. The molecule has 1 heterocycles. The van der Waals surface area contributed by atoms with E-state index in [-0.39, 0.29) is 18.4 Å². The van der Waals surface area contributed by atoms with Crippen LogP contribution < -0.4 is 5.32 Å². The molecule has 3 nitrogen and oxygen atoms in total. The number of fused-ring (bicyclic) bond motifs is 1. The van der Waals surface area contributed by atoms with Gasteiger partial charge in [-0.2, -0.15) is 0 Å². The van der Waals surface area contributed by atoms with Gasteiger partial charge in [0.15, 0.2) is 5.76 Å². The van der Waals surface area contributed by atoms with Gasteiger partial charge in [0.1, 0.15) is 5.58 Å². The van der Waals surface area contributed by atoms with Crippen molar-refractivity contribution in [2.45, 2.75) is 19.9 Å². The Morgan fingerprint density at radius 1 is 1.41 bits per heavy atom. The molecule has 0 fully saturated rings. The van der Waals surface area contributed by atoms with E-state index in [9.17, 15) is 4.79 Å². The van der Waals surface area contributed by atoms with Crippen LogP contribution in [-0.4, -0.2) is 18.4 Å². The van der Waals surface area contributed by atoms with E-state index in [1.54, 1.807) is 24.3 Å². The van der Waals surface area contributed by atoms with Gasteiger partial charge in [-0.15, -0.1) is 0 Å². The van der Waals surface area contributed by atoms with E-state index >= 15 is 0 Å². The largest absolute Gasteiger partial charge is 0.453 e. The highest BCUT2D eigenvalue weighted by molar-refractivity contribution is 6.31. The van der Waals surface area contributed by atoms with Crippen molar-refractivity contribution < 1.29 is 9.21 Å². The number of carbonyl (C=O) groups excluding carboxylic acids is 1. The van der Waals surface area contributed by atoms with Crippen molar-refractivity contribution in [1.29, 1.82) is 0 Å². The van der Waals surface area contributed by atoms with E-state index in [1.165, 1.54) is 0 Å². The van der Waals surface area contributed by atoms with Gasteiger partial charge in [-0.25, -0.2) is 0 Å². The van der Waals surface area contributed by atoms with Gasteiger partial charge in [0.25, 0.3) is 0 Å². The van der Waals surface area contributed by atoms with E-state index in [0.29, 0.717) is 16.4 Å². The van der Waals surface area contributed by atoms with Gasteiger partial charge in [-0.1, -0.05) is 25.4 Å².